The Hall–Kier alpha value is -1.46. The highest BCUT2D eigenvalue weighted by Gasteiger charge is 2.20. The van der Waals surface area contributed by atoms with E-state index in [0.29, 0.717) is 12.2 Å². The molecule has 0 aromatic carbocycles. The van der Waals surface area contributed by atoms with Gasteiger partial charge >= 0.3 is 5.97 Å². The number of nitrogens with one attached hydrogen (secondary N) is 1. The first-order valence-electron chi connectivity index (χ1n) is 4.58. The van der Waals surface area contributed by atoms with Crippen molar-refractivity contribution in [3.8, 4) is 0 Å². The van der Waals surface area contributed by atoms with Crippen molar-refractivity contribution in [2.45, 2.75) is 26.2 Å². The number of aromatic amines is 1. The van der Waals surface area contributed by atoms with Crippen molar-refractivity contribution in [3.63, 3.8) is 0 Å². The Morgan fingerprint density at radius 1 is 1.64 bits per heavy atom. The topological polar surface area (TPSA) is 80.8 Å². The van der Waals surface area contributed by atoms with Gasteiger partial charge in [-0.15, -0.1) is 10.2 Å². The van der Waals surface area contributed by atoms with Crippen LogP contribution in [0, 0.1) is 5.92 Å². The summed E-state index contributed by atoms with van der Waals surface area (Å²) in [6.07, 6.45) is 2.19. The van der Waals surface area contributed by atoms with Gasteiger partial charge in [-0.2, -0.15) is 5.21 Å². The molecule has 1 heterocycles. The number of nitrogens with zero attached hydrogens (tertiary/aromatic N) is 3. The van der Waals surface area contributed by atoms with Crippen molar-refractivity contribution >= 4 is 5.97 Å². The van der Waals surface area contributed by atoms with Crippen molar-refractivity contribution in [1.82, 2.24) is 20.6 Å². The van der Waals surface area contributed by atoms with Crippen LogP contribution in [0.4, 0.5) is 0 Å². The third-order valence-corrected chi connectivity index (χ3v) is 1.99. The van der Waals surface area contributed by atoms with Crippen LogP contribution in [0.15, 0.2) is 0 Å². The van der Waals surface area contributed by atoms with Gasteiger partial charge < -0.3 is 4.74 Å². The first-order chi connectivity index (χ1) is 6.77. The number of carbonyl (C=O) groups is 1. The summed E-state index contributed by atoms with van der Waals surface area (Å²) in [5, 5.41) is 13.4. The van der Waals surface area contributed by atoms with Crippen LogP contribution in [-0.4, -0.2) is 33.7 Å². The maximum Gasteiger partial charge on any atom is 0.309 e. The zero-order valence-corrected chi connectivity index (χ0v) is 8.36. The molecule has 0 radical (unpaired) electrons. The second kappa shape index (κ2) is 5.31. The zero-order chi connectivity index (χ0) is 10.4. The minimum Gasteiger partial charge on any atom is -0.469 e. The predicted octanol–water partition coefficient (Wildman–Crippen LogP) is 0.331. The summed E-state index contributed by atoms with van der Waals surface area (Å²) < 4.78 is 4.69. The molecule has 0 fully saturated rings. The first kappa shape index (κ1) is 10.6. The molecule has 0 aliphatic heterocycles. The molecule has 1 aromatic rings. The Bertz CT molecular complexity index is 273. The Labute approximate surface area is 82.0 Å². The molecule has 14 heavy (non-hydrogen) atoms. The number of aromatic nitrogens is 4. The smallest absolute Gasteiger partial charge is 0.309 e. The minimum absolute atomic E-state index is 0.164. The fourth-order valence-electron chi connectivity index (χ4n) is 1.31. The molecular weight excluding hydrogens is 184 g/mol. The van der Waals surface area contributed by atoms with Gasteiger partial charge in [0.2, 0.25) is 0 Å². The summed E-state index contributed by atoms with van der Waals surface area (Å²) in [4.78, 5) is 11.3. The normalized spacial score (nSPS) is 12.4. The van der Waals surface area contributed by atoms with E-state index in [1.165, 1.54) is 7.11 Å². The lowest BCUT2D eigenvalue weighted by molar-refractivity contribution is -0.145. The second-order valence-electron chi connectivity index (χ2n) is 3.04. The highest BCUT2D eigenvalue weighted by atomic mass is 16.5. The van der Waals surface area contributed by atoms with E-state index in [1.807, 2.05) is 6.92 Å². The number of H-pyrrole nitrogens is 1. The molecule has 0 aliphatic rings. The SMILES string of the molecule is CCCC(Cc1nn[nH]n1)C(=O)OC. The molecule has 1 N–H and O–H groups in total. The molecule has 0 amide bonds. The maximum absolute atomic E-state index is 11.3. The van der Waals surface area contributed by atoms with E-state index in [9.17, 15) is 4.79 Å². The number of ether oxygens (including phenoxy) is 1. The van der Waals surface area contributed by atoms with Crippen LogP contribution >= 0.6 is 0 Å². The van der Waals surface area contributed by atoms with Crippen molar-refractivity contribution in [3.05, 3.63) is 5.82 Å². The summed E-state index contributed by atoms with van der Waals surface area (Å²) in [5.41, 5.74) is 0. The lowest BCUT2D eigenvalue weighted by Gasteiger charge is -2.10. The lowest BCUT2D eigenvalue weighted by atomic mass is 10.00. The van der Waals surface area contributed by atoms with Gasteiger partial charge in [-0.05, 0) is 6.42 Å². The number of esters is 1. The summed E-state index contributed by atoms with van der Waals surface area (Å²) in [6, 6.07) is 0. The molecule has 0 saturated heterocycles. The van der Waals surface area contributed by atoms with Gasteiger partial charge in [-0.25, -0.2) is 0 Å². The Morgan fingerprint density at radius 2 is 2.43 bits per heavy atom. The second-order valence-corrected chi connectivity index (χ2v) is 3.04. The summed E-state index contributed by atoms with van der Waals surface area (Å²) >= 11 is 0. The Morgan fingerprint density at radius 3 is 2.93 bits per heavy atom. The molecular formula is C8H14N4O2. The van der Waals surface area contributed by atoms with Gasteiger partial charge in [0.15, 0.2) is 5.82 Å². The van der Waals surface area contributed by atoms with Crippen LogP contribution in [0.5, 0.6) is 0 Å². The predicted molar refractivity (Wildman–Crippen MR) is 48.3 cm³/mol. The van der Waals surface area contributed by atoms with Crippen LogP contribution in [0.1, 0.15) is 25.6 Å². The summed E-state index contributed by atoms with van der Waals surface area (Å²) in [7, 11) is 1.39. The number of hydrogen-bond donors (Lipinski definition) is 1. The van der Waals surface area contributed by atoms with Crippen molar-refractivity contribution in [2.75, 3.05) is 7.11 Å². The largest absolute Gasteiger partial charge is 0.469 e. The van der Waals surface area contributed by atoms with Crippen LogP contribution < -0.4 is 0 Å². The Kier molecular flexibility index (Phi) is 4.03. The number of hydrogen-bond acceptors (Lipinski definition) is 5. The molecule has 1 rings (SSSR count). The van der Waals surface area contributed by atoms with Gasteiger partial charge in [0.1, 0.15) is 0 Å². The fraction of sp³-hybridized carbons (Fsp3) is 0.750. The van der Waals surface area contributed by atoms with E-state index in [-0.39, 0.29) is 11.9 Å². The lowest BCUT2D eigenvalue weighted by Crippen LogP contribution is -2.19. The standard InChI is InChI=1S/C8H14N4O2/c1-3-4-6(8(13)14-2)5-7-9-11-12-10-7/h6H,3-5H2,1-2H3,(H,9,10,11,12). The van der Waals surface area contributed by atoms with E-state index in [2.05, 4.69) is 25.4 Å². The summed E-state index contributed by atoms with van der Waals surface area (Å²) in [5.74, 6) is 0.174. The van der Waals surface area contributed by atoms with Gasteiger partial charge in [0.05, 0.1) is 13.0 Å². The summed E-state index contributed by atoms with van der Waals surface area (Å²) in [6.45, 7) is 2.02. The van der Waals surface area contributed by atoms with Crippen LogP contribution in [0.2, 0.25) is 0 Å². The Balaban J connectivity index is 2.55. The molecule has 1 aromatic heterocycles. The monoisotopic (exact) mass is 198 g/mol. The van der Waals surface area contributed by atoms with E-state index in [1.54, 1.807) is 0 Å². The third kappa shape index (κ3) is 2.79. The molecule has 1 atom stereocenters. The average molecular weight is 198 g/mol. The van der Waals surface area contributed by atoms with Crippen molar-refractivity contribution < 1.29 is 9.53 Å². The van der Waals surface area contributed by atoms with Crippen molar-refractivity contribution in [1.29, 1.82) is 0 Å². The van der Waals surface area contributed by atoms with Gasteiger partial charge in [0.25, 0.3) is 0 Å². The van der Waals surface area contributed by atoms with Crippen LogP contribution in [-0.2, 0) is 16.0 Å². The average Bonchev–Trinajstić information content (AvgIpc) is 2.68. The van der Waals surface area contributed by atoms with Gasteiger partial charge in [-0.1, -0.05) is 18.6 Å². The van der Waals surface area contributed by atoms with Gasteiger partial charge in [0, 0.05) is 6.42 Å². The fourth-order valence-corrected chi connectivity index (χ4v) is 1.31. The zero-order valence-electron chi connectivity index (χ0n) is 8.36. The number of rotatable bonds is 5. The highest BCUT2D eigenvalue weighted by molar-refractivity contribution is 5.72. The molecule has 6 nitrogen and oxygen atoms in total. The third-order valence-electron chi connectivity index (χ3n) is 1.99. The first-order valence-corrected chi connectivity index (χ1v) is 4.58. The van der Waals surface area contributed by atoms with E-state index in [0.717, 1.165) is 12.8 Å². The molecule has 1 unspecified atom stereocenters. The van der Waals surface area contributed by atoms with Gasteiger partial charge in [-0.3, -0.25) is 4.79 Å². The number of carbonyl (C=O) groups excluding carboxylic acids is 1. The molecule has 0 saturated carbocycles. The van der Waals surface area contributed by atoms with Crippen LogP contribution in [0.3, 0.4) is 0 Å². The minimum atomic E-state index is -0.211. The molecule has 0 bridgehead atoms. The number of tetrazole rings is 1. The quantitative estimate of drug-likeness (QED) is 0.689. The van der Waals surface area contributed by atoms with E-state index < -0.39 is 0 Å². The molecule has 78 valence electrons. The molecule has 0 spiro atoms. The maximum atomic E-state index is 11.3. The van der Waals surface area contributed by atoms with Crippen LogP contribution in [0.25, 0.3) is 0 Å². The highest BCUT2D eigenvalue weighted by Crippen LogP contribution is 2.12. The van der Waals surface area contributed by atoms with E-state index in [4.69, 9.17) is 0 Å². The van der Waals surface area contributed by atoms with Crippen molar-refractivity contribution in [2.24, 2.45) is 5.92 Å². The van der Waals surface area contributed by atoms with E-state index >= 15 is 0 Å². The molecule has 6 heteroatoms. The number of methoxy groups -OCH3 is 1. The molecule has 0 aliphatic carbocycles.